The van der Waals surface area contributed by atoms with E-state index in [1.165, 1.54) is 0 Å². The van der Waals surface area contributed by atoms with E-state index in [1.807, 2.05) is 54.4 Å². The number of ether oxygens (including phenoxy) is 1. The first kappa shape index (κ1) is 23.8. The molecule has 3 heterocycles. The molecule has 0 fully saturated rings. The van der Waals surface area contributed by atoms with Crippen LogP contribution in [0.4, 0.5) is 13.2 Å². The lowest BCUT2D eigenvalue weighted by molar-refractivity contribution is -0.192. The van der Waals surface area contributed by atoms with Crippen LogP contribution in [0.3, 0.4) is 0 Å². The quantitative estimate of drug-likeness (QED) is 0.640. The number of benzene rings is 1. The first-order chi connectivity index (χ1) is 15.6. The third kappa shape index (κ3) is 5.68. The summed E-state index contributed by atoms with van der Waals surface area (Å²) in [7, 11) is 1.66. The Kier molecular flexibility index (Phi) is 7.00. The zero-order valence-electron chi connectivity index (χ0n) is 17.8. The van der Waals surface area contributed by atoms with Gasteiger partial charge >= 0.3 is 12.1 Å². The van der Waals surface area contributed by atoms with E-state index in [9.17, 15) is 18.0 Å². The highest BCUT2D eigenvalue weighted by Crippen LogP contribution is 2.26. The Morgan fingerprint density at radius 2 is 1.76 bits per heavy atom. The summed E-state index contributed by atoms with van der Waals surface area (Å²) < 4.78 is 39.1. The Hall–Kier alpha value is -3.89. The van der Waals surface area contributed by atoms with Gasteiger partial charge in [0.05, 0.1) is 25.5 Å². The average molecular weight is 462 g/mol. The molecule has 3 aromatic rings. The summed E-state index contributed by atoms with van der Waals surface area (Å²) in [5, 5.41) is 7.12. The van der Waals surface area contributed by atoms with Crippen LogP contribution in [0, 0.1) is 6.92 Å². The lowest BCUT2D eigenvalue weighted by Gasteiger charge is -2.28. The number of aliphatic carboxylic acids is 1. The monoisotopic (exact) mass is 462 g/mol. The first-order valence-corrected chi connectivity index (χ1v) is 9.82. The highest BCUT2D eigenvalue weighted by Gasteiger charge is 2.38. The standard InChI is InChI=1S/C20H20N4O2.C2HF3O2/c1-14-4-3-5-17(22-14)20(25)23-10-11-24-18(12-21-19(24)13-23)15-6-8-16(26-2)9-7-15;3-2(4,5)1(6)7/h3-9,12H,10-11,13H2,1-2H3;(H,6,7). The van der Waals surface area contributed by atoms with Crippen molar-refractivity contribution in [1.29, 1.82) is 0 Å². The molecule has 1 amide bonds. The summed E-state index contributed by atoms with van der Waals surface area (Å²) in [5.41, 5.74) is 3.48. The number of carboxylic acids is 1. The summed E-state index contributed by atoms with van der Waals surface area (Å²) in [6.07, 6.45) is -3.21. The Labute approximate surface area is 187 Å². The SMILES string of the molecule is COc1ccc(-c2cnc3n2CCN(C(=O)c2cccc(C)n2)C3)cc1.O=C(O)C(F)(F)F. The number of alkyl halides is 3. The number of carbonyl (C=O) groups excluding carboxylic acids is 1. The van der Waals surface area contributed by atoms with Crippen molar-refractivity contribution in [3.63, 3.8) is 0 Å². The molecule has 174 valence electrons. The number of aromatic nitrogens is 3. The van der Waals surface area contributed by atoms with Crippen LogP contribution in [0.25, 0.3) is 11.3 Å². The fourth-order valence-corrected chi connectivity index (χ4v) is 3.25. The molecule has 4 rings (SSSR count). The third-order valence-electron chi connectivity index (χ3n) is 4.89. The van der Waals surface area contributed by atoms with Crippen LogP contribution in [-0.4, -0.2) is 56.2 Å². The third-order valence-corrected chi connectivity index (χ3v) is 4.89. The van der Waals surface area contributed by atoms with Gasteiger partial charge in [0.15, 0.2) is 0 Å². The lowest BCUT2D eigenvalue weighted by Crippen LogP contribution is -2.39. The number of amides is 1. The zero-order valence-corrected chi connectivity index (χ0v) is 17.8. The predicted octanol–water partition coefficient (Wildman–Crippen LogP) is 3.55. The molecule has 0 saturated carbocycles. The van der Waals surface area contributed by atoms with Crippen molar-refractivity contribution >= 4 is 11.9 Å². The predicted molar refractivity (Wildman–Crippen MR) is 112 cm³/mol. The molecule has 0 radical (unpaired) electrons. The van der Waals surface area contributed by atoms with Gasteiger partial charge in [-0.2, -0.15) is 13.2 Å². The smallest absolute Gasteiger partial charge is 0.490 e. The minimum absolute atomic E-state index is 0.0473. The molecular weight excluding hydrogens is 441 g/mol. The van der Waals surface area contributed by atoms with Crippen molar-refractivity contribution in [1.82, 2.24) is 19.4 Å². The molecule has 8 nitrogen and oxygen atoms in total. The minimum atomic E-state index is -5.08. The van der Waals surface area contributed by atoms with E-state index in [4.69, 9.17) is 14.6 Å². The summed E-state index contributed by atoms with van der Waals surface area (Å²) in [6.45, 7) is 3.74. The van der Waals surface area contributed by atoms with Gasteiger partial charge in [0.2, 0.25) is 0 Å². The number of halogens is 3. The molecule has 0 bridgehead atoms. The molecule has 1 aliphatic heterocycles. The van der Waals surface area contributed by atoms with Crippen molar-refractivity contribution < 1.29 is 32.6 Å². The van der Waals surface area contributed by atoms with Crippen LogP contribution in [-0.2, 0) is 17.9 Å². The topological polar surface area (TPSA) is 97.5 Å². The number of fused-ring (bicyclic) bond motifs is 1. The molecule has 33 heavy (non-hydrogen) atoms. The number of aryl methyl sites for hydroxylation is 1. The second kappa shape index (κ2) is 9.72. The van der Waals surface area contributed by atoms with Gasteiger partial charge in [-0.15, -0.1) is 0 Å². The number of carbonyl (C=O) groups is 2. The second-order valence-electron chi connectivity index (χ2n) is 7.13. The van der Waals surface area contributed by atoms with Gasteiger partial charge in [-0.3, -0.25) is 4.79 Å². The van der Waals surface area contributed by atoms with E-state index in [1.54, 1.807) is 13.2 Å². The van der Waals surface area contributed by atoms with Crippen LogP contribution in [0.1, 0.15) is 22.0 Å². The van der Waals surface area contributed by atoms with Crippen molar-refractivity contribution in [2.24, 2.45) is 0 Å². The number of carboxylic acid groups (broad SMARTS) is 1. The van der Waals surface area contributed by atoms with Gasteiger partial charge in [0, 0.05) is 24.3 Å². The normalized spacial score (nSPS) is 12.9. The molecule has 0 unspecified atom stereocenters. The number of methoxy groups -OCH3 is 1. The van der Waals surface area contributed by atoms with Gasteiger partial charge in [-0.1, -0.05) is 6.07 Å². The van der Waals surface area contributed by atoms with Gasteiger partial charge in [0.1, 0.15) is 17.3 Å². The van der Waals surface area contributed by atoms with Crippen LogP contribution in [0.5, 0.6) is 5.75 Å². The number of hydrogen-bond donors (Lipinski definition) is 1. The van der Waals surface area contributed by atoms with Crippen molar-refractivity contribution in [3.8, 4) is 17.0 Å². The van der Waals surface area contributed by atoms with Gasteiger partial charge in [0.25, 0.3) is 5.91 Å². The number of hydrogen-bond acceptors (Lipinski definition) is 5. The van der Waals surface area contributed by atoms with Gasteiger partial charge < -0.3 is 19.3 Å². The number of nitrogens with zero attached hydrogens (tertiary/aromatic N) is 4. The molecule has 1 aliphatic rings. The number of rotatable bonds is 3. The van der Waals surface area contributed by atoms with E-state index >= 15 is 0 Å². The zero-order chi connectivity index (χ0) is 24.2. The van der Waals surface area contributed by atoms with Crippen molar-refractivity contribution in [3.05, 3.63) is 65.9 Å². The summed E-state index contributed by atoms with van der Waals surface area (Å²) >= 11 is 0. The molecule has 1 aromatic carbocycles. The molecule has 1 N–H and O–H groups in total. The maximum Gasteiger partial charge on any atom is 0.490 e. The van der Waals surface area contributed by atoms with Gasteiger partial charge in [-0.25, -0.2) is 14.8 Å². The summed E-state index contributed by atoms with van der Waals surface area (Å²) in [4.78, 5) is 32.3. The highest BCUT2D eigenvalue weighted by molar-refractivity contribution is 5.92. The van der Waals surface area contributed by atoms with E-state index in [-0.39, 0.29) is 5.91 Å². The van der Waals surface area contributed by atoms with Crippen molar-refractivity contribution in [2.75, 3.05) is 13.7 Å². The molecule has 2 aromatic heterocycles. The molecule has 0 aliphatic carbocycles. The second-order valence-corrected chi connectivity index (χ2v) is 7.13. The minimum Gasteiger partial charge on any atom is -0.497 e. The highest BCUT2D eigenvalue weighted by atomic mass is 19.4. The van der Waals surface area contributed by atoms with E-state index in [0.717, 1.165) is 28.5 Å². The number of imidazole rings is 1. The fraction of sp³-hybridized carbons (Fsp3) is 0.273. The van der Waals surface area contributed by atoms with Crippen LogP contribution >= 0.6 is 0 Å². The molecule has 11 heteroatoms. The van der Waals surface area contributed by atoms with Crippen LogP contribution < -0.4 is 4.74 Å². The molecule has 0 saturated heterocycles. The maximum absolute atomic E-state index is 12.7. The Morgan fingerprint density at radius 3 is 2.33 bits per heavy atom. The van der Waals surface area contributed by atoms with Crippen LogP contribution in [0.15, 0.2) is 48.7 Å². The Morgan fingerprint density at radius 1 is 1.09 bits per heavy atom. The largest absolute Gasteiger partial charge is 0.497 e. The Bertz CT molecular complexity index is 1140. The first-order valence-electron chi connectivity index (χ1n) is 9.82. The van der Waals surface area contributed by atoms with Crippen molar-refractivity contribution in [2.45, 2.75) is 26.2 Å². The van der Waals surface area contributed by atoms with Crippen LogP contribution in [0.2, 0.25) is 0 Å². The molecule has 0 atom stereocenters. The van der Waals surface area contributed by atoms with E-state index in [2.05, 4.69) is 14.5 Å². The maximum atomic E-state index is 12.7. The summed E-state index contributed by atoms with van der Waals surface area (Å²) in [5.74, 6) is -1.08. The fourth-order valence-electron chi connectivity index (χ4n) is 3.25. The van der Waals surface area contributed by atoms with E-state index in [0.29, 0.717) is 25.3 Å². The summed E-state index contributed by atoms with van der Waals surface area (Å²) in [6, 6.07) is 13.5. The van der Waals surface area contributed by atoms with Gasteiger partial charge in [-0.05, 0) is 43.3 Å². The van der Waals surface area contributed by atoms with E-state index < -0.39 is 12.1 Å². The lowest BCUT2D eigenvalue weighted by atomic mass is 10.1. The molecule has 0 spiro atoms. The molecular formula is C22H21F3N4O4. The average Bonchev–Trinajstić information content (AvgIpc) is 3.21. The Balaban J connectivity index is 0.000000383. The number of pyridine rings is 1.